The number of fused-ring (bicyclic) bond motifs is 2. The van der Waals surface area contributed by atoms with Crippen LogP contribution in [0.4, 0.5) is 4.39 Å². The van der Waals surface area contributed by atoms with E-state index in [0.717, 1.165) is 18.4 Å². The van der Waals surface area contributed by atoms with Crippen LogP contribution in [-0.4, -0.2) is 10.7 Å². The molecule has 0 amide bonds. The Morgan fingerprint density at radius 1 is 1.35 bits per heavy atom. The molecule has 110 valence electrons. The van der Waals surface area contributed by atoms with Crippen LogP contribution >= 0.6 is 15.9 Å². The fraction of sp³-hybridized carbons (Fsp3) is 0.647. The first kappa shape index (κ1) is 14.5. The monoisotopic (exact) mass is 340 g/mol. The Morgan fingerprint density at radius 2 is 2.05 bits per heavy atom. The number of benzene rings is 1. The van der Waals surface area contributed by atoms with Gasteiger partial charge < -0.3 is 5.11 Å². The van der Waals surface area contributed by atoms with Gasteiger partial charge in [-0.25, -0.2) is 4.39 Å². The number of hydrogen-bond acceptors (Lipinski definition) is 1. The minimum atomic E-state index is -0.708. The molecule has 3 rings (SSSR count). The summed E-state index contributed by atoms with van der Waals surface area (Å²) in [5.74, 6) is 0.348. The first-order valence-electron chi connectivity index (χ1n) is 7.36. The molecule has 1 aromatic carbocycles. The average Bonchev–Trinajstić information content (AvgIpc) is 2.82. The summed E-state index contributed by atoms with van der Waals surface area (Å²) >= 11 is 3.24. The summed E-state index contributed by atoms with van der Waals surface area (Å²) in [6.45, 7) is 6.61. The lowest BCUT2D eigenvalue weighted by molar-refractivity contribution is -0.141. The normalized spacial score (nSPS) is 38.4. The van der Waals surface area contributed by atoms with Crippen molar-refractivity contribution in [2.24, 2.45) is 16.7 Å². The summed E-state index contributed by atoms with van der Waals surface area (Å²) in [6, 6.07) is 5.08. The smallest absolute Gasteiger partial charge is 0.137 e. The first-order valence-corrected chi connectivity index (χ1v) is 8.15. The quantitative estimate of drug-likeness (QED) is 0.826. The first-order chi connectivity index (χ1) is 9.20. The number of rotatable bonds is 2. The third-order valence-corrected chi connectivity index (χ3v) is 6.88. The molecule has 1 N–H and O–H groups in total. The van der Waals surface area contributed by atoms with Gasteiger partial charge in [-0.15, -0.1) is 0 Å². The second kappa shape index (κ2) is 4.30. The van der Waals surface area contributed by atoms with Crippen LogP contribution in [0, 0.1) is 22.6 Å². The minimum Gasteiger partial charge on any atom is -0.388 e. The van der Waals surface area contributed by atoms with Gasteiger partial charge in [0, 0.05) is 6.42 Å². The van der Waals surface area contributed by atoms with Gasteiger partial charge in [-0.1, -0.05) is 26.8 Å². The summed E-state index contributed by atoms with van der Waals surface area (Å²) in [7, 11) is 0. The molecule has 1 nitrogen and oxygen atoms in total. The largest absolute Gasteiger partial charge is 0.388 e. The van der Waals surface area contributed by atoms with E-state index in [0.29, 0.717) is 16.8 Å². The van der Waals surface area contributed by atoms with Gasteiger partial charge in [-0.3, -0.25) is 0 Å². The van der Waals surface area contributed by atoms with Crippen molar-refractivity contribution in [1.29, 1.82) is 0 Å². The van der Waals surface area contributed by atoms with Crippen molar-refractivity contribution in [3.05, 3.63) is 34.1 Å². The highest BCUT2D eigenvalue weighted by molar-refractivity contribution is 9.10. The van der Waals surface area contributed by atoms with E-state index in [9.17, 15) is 9.50 Å². The Kier molecular flexibility index (Phi) is 3.12. The summed E-state index contributed by atoms with van der Waals surface area (Å²) in [6.07, 6.45) is 4.03. The molecular formula is C17H22BrFO. The van der Waals surface area contributed by atoms with E-state index in [1.165, 1.54) is 12.5 Å². The summed E-state index contributed by atoms with van der Waals surface area (Å²) in [5.41, 5.74) is 0.200. The molecule has 2 aliphatic rings. The van der Waals surface area contributed by atoms with E-state index in [4.69, 9.17) is 0 Å². The van der Waals surface area contributed by atoms with Gasteiger partial charge in [0.15, 0.2) is 0 Å². The molecule has 0 aromatic heterocycles. The predicted molar refractivity (Wildman–Crippen MR) is 82.0 cm³/mol. The molecule has 0 heterocycles. The van der Waals surface area contributed by atoms with Crippen LogP contribution in [0.5, 0.6) is 0 Å². The molecule has 2 bridgehead atoms. The van der Waals surface area contributed by atoms with Crippen molar-refractivity contribution in [2.45, 2.75) is 52.1 Å². The fourth-order valence-electron chi connectivity index (χ4n) is 4.73. The van der Waals surface area contributed by atoms with Crippen LogP contribution < -0.4 is 0 Å². The Hall–Kier alpha value is -0.410. The van der Waals surface area contributed by atoms with Crippen molar-refractivity contribution < 1.29 is 9.50 Å². The van der Waals surface area contributed by atoms with Crippen molar-refractivity contribution in [3.8, 4) is 0 Å². The van der Waals surface area contributed by atoms with E-state index in [-0.39, 0.29) is 16.6 Å². The van der Waals surface area contributed by atoms with Gasteiger partial charge in [0.05, 0.1) is 10.1 Å². The van der Waals surface area contributed by atoms with E-state index in [2.05, 4.69) is 36.7 Å². The zero-order valence-electron chi connectivity index (χ0n) is 12.3. The van der Waals surface area contributed by atoms with Gasteiger partial charge in [0.25, 0.3) is 0 Å². The van der Waals surface area contributed by atoms with Crippen LogP contribution in [0.3, 0.4) is 0 Å². The number of aliphatic hydroxyl groups is 1. The molecule has 2 aliphatic carbocycles. The zero-order chi connectivity index (χ0) is 14.8. The molecule has 3 unspecified atom stereocenters. The second-order valence-corrected chi connectivity index (χ2v) is 8.36. The Morgan fingerprint density at radius 3 is 2.60 bits per heavy atom. The topological polar surface area (TPSA) is 20.2 Å². The standard InChI is InChI=1S/C17H22BrFO/c1-15(2)12-6-7-16(3,10-12)17(15,20)9-11-4-5-14(19)13(18)8-11/h4-5,8,12,20H,6-7,9-10H2,1-3H3. The third kappa shape index (κ3) is 1.75. The van der Waals surface area contributed by atoms with Crippen molar-refractivity contribution in [1.82, 2.24) is 0 Å². The molecule has 1 aromatic rings. The van der Waals surface area contributed by atoms with Crippen LogP contribution in [0.25, 0.3) is 0 Å². The summed E-state index contributed by atoms with van der Waals surface area (Å²) in [4.78, 5) is 0. The van der Waals surface area contributed by atoms with Gasteiger partial charge in [0.2, 0.25) is 0 Å². The van der Waals surface area contributed by atoms with E-state index < -0.39 is 5.60 Å². The summed E-state index contributed by atoms with van der Waals surface area (Å²) < 4.78 is 13.9. The summed E-state index contributed by atoms with van der Waals surface area (Å²) in [5, 5.41) is 11.5. The molecule has 3 atom stereocenters. The maximum absolute atomic E-state index is 13.4. The van der Waals surface area contributed by atoms with E-state index >= 15 is 0 Å². The lowest BCUT2D eigenvalue weighted by Crippen LogP contribution is -2.55. The number of halogens is 2. The molecule has 2 fully saturated rings. The highest BCUT2D eigenvalue weighted by Crippen LogP contribution is 2.68. The minimum absolute atomic E-state index is 0.0119. The average molecular weight is 341 g/mol. The van der Waals surface area contributed by atoms with Crippen LogP contribution in [0.2, 0.25) is 0 Å². The van der Waals surface area contributed by atoms with Crippen LogP contribution in [-0.2, 0) is 6.42 Å². The number of hydrogen-bond donors (Lipinski definition) is 1. The van der Waals surface area contributed by atoms with Crippen LogP contribution in [0.15, 0.2) is 22.7 Å². The SMILES string of the molecule is CC12CCC(C1)C(C)(C)C2(O)Cc1ccc(F)c(Br)c1. The maximum atomic E-state index is 13.4. The zero-order valence-corrected chi connectivity index (χ0v) is 13.9. The predicted octanol–water partition coefficient (Wildman–Crippen LogP) is 4.71. The van der Waals surface area contributed by atoms with Crippen LogP contribution in [0.1, 0.15) is 45.6 Å². The molecule has 0 radical (unpaired) electrons. The Labute approximate surface area is 128 Å². The molecule has 2 saturated carbocycles. The van der Waals surface area contributed by atoms with Gasteiger partial charge in [-0.05, 0) is 69.6 Å². The van der Waals surface area contributed by atoms with Gasteiger partial charge in [0.1, 0.15) is 5.82 Å². The molecule has 20 heavy (non-hydrogen) atoms. The Bertz CT molecular complexity index is 549. The van der Waals surface area contributed by atoms with Gasteiger partial charge >= 0.3 is 0 Å². The maximum Gasteiger partial charge on any atom is 0.137 e. The lowest BCUT2D eigenvalue weighted by atomic mass is 9.58. The lowest BCUT2D eigenvalue weighted by Gasteiger charge is -2.51. The molecule has 0 spiro atoms. The fourth-order valence-corrected chi connectivity index (χ4v) is 5.16. The highest BCUT2D eigenvalue weighted by Gasteiger charge is 2.67. The molecule has 3 heteroatoms. The second-order valence-electron chi connectivity index (χ2n) is 7.51. The molecule has 0 saturated heterocycles. The highest BCUT2D eigenvalue weighted by atomic mass is 79.9. The van der Waals surface area contributed by atoms with Gasteiger partial charge in [-0.2, -0.15) is 0 Å². The van der Waals surface area contributed by atoms with Crippen molar-refractivity contribution >= 4 is 15.9 Å². The molecular weight excluding hydrogens is 319 g/mol. The van der Waals surface area contributed by atoms with Crippen molar-refractivity contribution in [2.75, 3.05) is 0 Å². The Balaban J connectivity index is 1.98. The van der Waals surface area contributed by atoms with E-state index in [1.807, 2.05) is 0 Å². The van der Waals surface area contributed by atoms with Crippen molar-refractivity contribution in [3.63, 3.8) is 0 Å². The third-order valence-electron chi connectivity index (χ3n) is 6.27. The van der Waals surface area contributed by atoms with E-state index in [1.54, 1.807) is 12.1 Å². The molecule has 0 aliphatic heterocycles.